The normalized spacial score (nSPS) is 12.1. The lowest BCUT2D eigenvalue weighted by Gasteiger charge is -2.08. The van der Waals surface area contributed by atoms with E-state index in [2.05, 4.69) is 16.0 Å². The fourth-order valence-electron chi connectivity index (χ4n) is 2.99. The maximum absolute atomic E-state index is 10.8. The number of hydrogen-bond donors (Lipinski definition) is 1. The summed E-state index contributed by atoms with van der Waals surface area (Å²) in [5, 5.41) is 21.2. The van der Waals surface area contributed by atoms with Crippen LogP contribution in [0.15, 0.2) is 48.7 Å². The fourth-order valence-corrected chi connectivity index (χ4v) is 4.26. The van der Waals surface area contributed by atoms with Gasteiger partial charge in [-0.15, -0.1) is 11.3 Å². The molecule has 3 aromatic heterocycles. The molecule has 4 rings (SSSR count). The minimum Gasteiger partial charge on any atom is -0.381 e. The van der Waals surface area contributed by atoms with E-state index in [1.807, 2.05) is 25.1 Å². The Hall–Kier alpha value is -2.85. The van der Waals surface area contributed by atoms with E-state index in [1.165, 1.54) is 11.3 Å². The zero-order valence-electron chi connectivity index (χ0n) is 14.9. The Kier molecular flexibility index (Phi) is 5.05. The molecule has 0 fully saturated rings. The van der Waals surface area contributed by atoms with Gasteiger partial charge in [-0.05, 0) is 36.8 Å². The van der Waals surface area contributed by atoms with Crippen LogP contribution < -0.4 is 0 Å². The molecule has 0 aliphatic carbocycles. The van der Waals surface area contributed by atoms with Crippen molar-refractivity contribution in [2.45, 2.75) is 19.4 Å². The number of aromatic nitrogens is 3. The molecule has 7 heteroatoms. The van der Waals surface area contributed by atoms with E-state index in [0.29, 0.717) is 27.0 Å². The summed E-state index contributed by atoms with van der Waals surface area (Å²) < 4.78 is 0. The predicted octanol–water partition coefficient (Wildman–Crippen LogP) is 4.92. The Morgan fingerprint density at radius 1 is 1.21 bits per heavy atom. The number of fused-ring (bicyclic) bond motifs is 1. The number of aryl methyl sites for hydroxylation is 1. The van der Waals surface area contributed by atoms with Crippen molar-refractivity contribution in [1.29, 1.82) is 5.26 Å². The zero-order chi connectivity index (χ0) is 19.7. The van der Waals surface area contributed by atoms with Crippen LogP contribution in [-0.4, -0.2) is 20.1 Å². The second-order valence-corrected chi connectivity index (χ2v) is 7.65. The minimum absolute atomic E-state index is 0.420. The van der Waals surface area contributed by atoms with E-state index in [0.717, 1.165) is 27.9 Å². The highest BCUT2D eigenvalue weighted by Crippen LogP contribution is 2.36. The standard InChI is InChI=1S/C21H15ClN4OS/c1-2-16-14-10-17(19(27)18-15(22)7-4-8-24-18)28-21(14)26-20(25-16)13-6-3-5-12(9-13)11-23/h3-10,19,27H,2H2,1H3. The number of aliphatic hydroxyl groups is 1. The molecule has 0 aliphatic heterocycles. The molecule has 3 heterocycles. The smallest absolute Gasteiger partial charge is 0.161 e. The molecule has 1 N–H and O–H groups in total. The fraction of sp³-hybridized carbons (Fsp3) is 0.143. The SMILES string of the molecule is CCc1nc(-c2cccc(C#N)c2)nc2sc(C(O)c3ncccc3Cl)cc12. The van der Waals surface area contributed by atoms with Crippen LogP contribution in [0, 0.1) is 11.3 Å². The lowest BCUT2D eigenvalue weighted by molar-refractivity contribution is 0.219. The van der Waals surface area contributed by atoms with Gasteiger partial charge in [0.1, 0.15) is 10.9 Å². The Morgan fingerprint density at radius 3 is 2.82 bits per heavy atom. The Morgan fingerprint density at radius 2 is 2.07 bits per heavy atom. The van der Waals surface area contributed by atoms with E-state index in [-0.39, 0.29) is 0 Å². The summed E-state index contributed by atoms with van der Waals surface area (Å²) in [5.41, 5.74) is 2.66. The molecule has 0 amide bonds. The number of hydrogen-bond acceptors (Lipinski definition) is 6. The third kappa shape index (κ3) is 3.36. The van der Waals surface area contributed by atoms with Crippen molar-refractivity contribution in [2.75, 3.05) is 0 Å². The molecule has 0 bridgehead atoms. The Labute approximate surface area is 170 Å². The largest absolute Gasteiger partial charge is 0.381 e. The van der Waals surface area contributed by atoms with Gasteiger partial charge in [0.25, 0.3) is 0 Å². The maximum atomic E-state index is 10.8. The molecular formula is C21H15ClN4OS. The molecule has 1 aromatic carbocycles. The van der Waals surface area contributed by atoms with Gasteiger partial charge in [0, 0.05) is 22.0 Å². The number of halogens is 1. The van der Waals surface area contributed by atoms with Crippen LogP contribution in [-0.2, 0) is 6.42 Å². The first-order valence-electron chi connectivity index (χ1n) is 8.70. The van der Waals surface area contributed by atoms with Crippen molar-refractivity contribution in [3.63, 3.8) is 0 Å². The Bertz CT molecular complexity index is 1210. The minimum atomic E-state index is -0.928. The summed E-state index contributed by atoms with van der Waals surface area (Å²) in [7, 11) is 0. The van der Waals surface area contributed by atoms with Crippen molar-refractivity contribution in [2.24, 2.45) is 0 Å². The van der Waals surface area contributed by atoms with E-state index in [4.69, 9.17) is 21.8 Å². The van der Waals surface area contributed by atoms with Crippen LogP contribution in [0.1, 0.15) is 34.9 Å². The van der Waals surface area contributed by atoms with Crippen LogP contribution in [0.25, 0.3) is 21.6 Å². The van der Waals surface area contributed by atoms with Gasteiger partial charge in [0.2, 0.25) is 0 Å². The van der Waals surface area contributed by atoms with Gasteiger partial charge in [-0.2, -0.15) is 5.26 Å². The predicted molar refractivity (Wildman–Crippen MR) is 110 cm³/mol. The summed E-state index contributed by atoms with van der Waals surface area (Å²) in [6.45, 7) is 2.03. The molecule has 1 atom stereocenters. The molecule has 4 aromatic rings. The molecule has 5 nitrogen and oxygen atoms in total. The van der Waals surface area contributed by atoms with Crippen LogP contribution in [0.5, 0.6) is 0 Å². The van der Waals surface area contributed by atoms with Crippen LogP contribution in [0.3, 0.4) is 0 Å². The van der Waals surface area contributed by atoms with Crippen molar-refractivity contribution in [3.8, 4) is 17.5 Å². The Balaban J connectivity index is 1.83. The summed E-state index contributed by atoms with van der Waals surface area (Å²) in [5.74, 6) is 0.570. The highest BCUT2D eigenvalue weighted by molar-refractivity contribution is 7.18. The molecule has 0 saturated heterocycles. The highest BCUT2D eigenvalue weighted by Gasteiger charge is 2.20. The van der Waals surface area contributed by atoms with Crippen molar-refractivity contribution < 1.29 is 5.11 Å². The van der Waals surface area contributed by atoms with Crippen molar-refractivity contribution in [1.82, 2.24) is 15.0 Å². The molecule has 0 aliphatic rings. The summed E-state index contributed by atoms with van der Waals surface area (Å²) in [4.78, 5) is 15.1. The van der Waals surface area contributed by atoms with Gasteiger partial charge in [0.05, 0.1) is 28.0 Å². The van der Waals surface area contributed by atoms with Crippen LogP contribution in [0.4, 0.5) is 0 Å². The first kappa shape index (κ1) is 18.5. The molecule has 28 heavy (non-hydrogen) atoms. The second kappa shape index (κ2) is 7.64. The van der Waals surface area contributed by atoms with Gasteiger partial charge in [0.15, 0.2) is 5.82 Å². The molecule has 138 valence electrons. The van der Waals surface area contributed by atoms with Gasteiger partial charge in [-0.3, -0.25) is 4.98 Å². The topological polar surface area (TPSA) is 82.7 Å². The molecular weight excluding hydrogens is 392 g/mol. The van der Waals surface area contributed by atoms with Crippen molar-refractivity contribution in [3.05, 3.63) is 75.5 Å². The summed E-state index contributed by atoms with van der Waals surface area (Å²) in [6.07, 6.45) is 1.40. The second-order valence-electron chi connectivity index (χ2n) is 6.18. The third-order valence-corrected chi connectivity index (χ3v) is 5.79. The molecule has 0 radical (unpaired) electrons. The van der Waals surface area contributed by atoms with E-state index < -0.39 is 6.10 Å². The summed E-state index contributed by atoms with van der Waals surface area (Å²) >= 11 is 7.58. The van der Waals surface area contributed by atoms with Gasteiger partial charge in [-0.1, -0.05) is 30.7 Å². The average molecular weight is 407 g/mol. The highest BCUT2D eigenvalue weighted by atomic mass is 35.5. The van der Waals surface area contributed by atoms with Gasteiger partial charge >= 0.3 is 0 Å². The molecule has 0 spiro atoms. The quantitative estimate of drug-likeness (QED) is 0.520. The van der Waals surface area contributed by atoms with Crippen molar-refractivity contribution >= 4 is 33.2 Å². The molecule has 0 saturated carbocycles. The summed E-state index contributed by atoms with van der Waals surface area (Å²) in [6, 6.07) is 14.7. The van der Waals surface area contributed by atoms with Gasteiger partial charge in [-0.25, -0.2) is 9.97 Å². The number of nitrogens with zero attached hydrogens (tertiary/aromatic N) is 4. The van der Waals surface area contributed by atoms with E-state index >= 15 is 0 Å². The number of aliphatic hydroxyl groups excluding tert-OH is 1. The third-order valence-electron chi connectivity index (χ3n) is 4.39. The van der Waals surface area contributed by atoms with Crippen LogP contribution in [0.2, 0.25) is 5.02 Å². The first-order chi connectivity index (χ1) is 13.6. The van der Waals surface area contributed by atoms with Gasteiger partial charge < -0.3 is 5.11 Å². The first-order valence-corrected chi connectivity index (χ1v) is 9.89. The van der Waals surface area contributed by atoms with E-state index in [9.17, 15) is 5.11 Å². The van der Waals surface area contributed by atoms with E-state index in [1.54, 1.807) is 30.5 Å². The lowest BCUT2D eigenvalue weighted by Crippen LogP contribution is -2.00. The monoisotopic (exact) mass is 406 g/mol. The zero-order valence-corrected chi connectivity index (χ0v) is 16.5. The number of rotatable bonds is 4. The average Bonchev–Trinajstić information content (AvgIpc) is 3.17. The number of pyridine rings is 1. The molecule has 1 unspecified atom stereocenters. The number of benzene rings is 1. The number of thiophene rings is 1. The lowest BCUT2D eigenvalue weighted by atomic mass is 10.1. The van der Waals surface area contributed by atoms with Crippen LogP contribution >= 0.6 is 22.9 Å². The maximum Gasteiger partial charge on any atom is 0.161 e. The number of nitriles is 1.